The van der Waals surface area contributed by atoms with E-state index in [-0.39, 0.29) is 18.1 Å². The first-order chi connectivity index (χ1) is 17.1. The summed E-state index contributed by atoms with van der Waals surface area (Å²) < 4.78 is 0. The van der Waals surface area contributed by atoms with Crippen molar-refractivity contribution in [3.63, 3.8) is 0 Å². The number of carbonyl (C=O) groups is 2. The Morgan fingerprint density at radius 3 is 2.26 bits per heavy atom. The van der Waals surface area contributed by atoms with Crippen LogP contribution < -0.4 is 5.32 Å². The van der Waals surface area contributed by atoms with Crippen LogP contribution in [0.15, 0.2) is 54.7 Å². The number of thioether (sulfide) groups is 1. The van der Waals surface area contributed by atoms with Crippen molar-refractivity contribution >= 4 is 51.3 Å². The van der Waals surface area contributed by atoms with Crippen molar-refractivity contribution in [1.29, 1.82) is 0 Å². The van der Waals surface area contributed by atoms with Gasteiger partial charge >= 0.3 is 0 Å². The van der Waals surface area contributed by atoms with Crippen LogP contribution in [0.3, 0.4) is 0 Å². The summed E-state index contributed by atoms with van der Waals surface area (Å²) in [4.78, 5) is 28.5. The second kappa shape index (κ2) is 13.2. The second-order valence-corrected chi connectivity index (χ2v) is 11.1. The van der Waals surface area contributed by atoms with Crippen LogP contribution >= 0.6 is 34.4 Å². The molecule has 35 heavy (non-hydrogen) atoms. The van der Waals surface area contributed by atoms with Gasteiger partial charge in [0.15, 0.2) is 0 Å². The molecule has 0 spiro atoms. The van der Waals surface area contributed by atoms with Gasteiger partial charge in [-0.2, -0.15) is 11.8 Å². The van der Waals surface area contributed by atoms with Crippen LogP contribution in [0.25, 0.3) is 0 Å². The smallest absolute Gasteiger partial charge is 0.232 e. The normalized spacial score (nSPS) is 10.9. The highest BCUT2D eigenvalue weighted by molar-refractivity contribution is 7.99. The quantitative estimate of drug-likeness (QED) is 0.263. The van der Waals surface area contributed by atoms with Crippen molar-refractivity contribution < 1.29 is 9.59 Å². The molecule has 8 nitrogen and oxygen atoms in total. The van der Waals surface area contributed by atoms with E-state index in [1.807, 2.05) is 60.3 Å². The fourth-order valence-corrected chi connectivity index (χ4v) is 5.94. The fourth-order valence-electron chi connectivity index (χ4n) is 3.17. The second-order valence-electron chi connectivity index (χ2n) is 7.63. The number of ketones is 1. The van der Waals surface area contributed by atoms with Crippen LogP contribution in [0.1, 0.15) is 26.3 Å². The highest BCUT2D eigenvalue weighted by Gasteiger charge is 2.12. The van der Waals surface area contributed by atoms with E-state index in [2.05, 4.69) is 30.7 Å². The lowest BCUT2D eigenvalue weighted by Crippen LogP contribution is -2.14. The number of aryl methyl sites for hydroxylation is 2. The first-order valence-corrected chi connectivity index (χ1v) is 13.9. The number of rotatable bonds is 13. The molecule has 0 aliphatic heterocycles. The lowest BCUT2D eigenvalue weighted by Gasteiger charge is -2.00. The number of nitrogens with one attached hydrogen (secondary N) is 1. The minimum absolute atomic E-state index is 0.151. The molecule has 11 heteroatoms. The number of Topliss-reactive ketones (excluding diaryl/α,β-unsaturated/α-hetero) is 1. The SMILES string of the molecule is O=C(Cc1ccccc1)Cc1nnc(CCSCCc2nnc(NC(=O)Cc3ccccn3)s2)s1. The number of amides is 1. The molecule has 0 unspecified atom stereocenters. The first-order valence-electron chi connectivity index (χ1n) is 11.1. The summed E-state index contributed by atoms with van der Waals surface area (Å²) in [6.07, 6.45) is 4.24. The summed E-state index contributed by atoms with van der Waals surface area (Å²) in [6, 6.07) is 15.2. The number of nitrogens with zero attached hydrogens (tertiary/aromatic N) is 5. The van der Waals surface area contributed by atoms with Gasteiger partial charge in [0.1, 0.15) is 20.8 Å². The number of aromatic nitrogens is 5. The van der Waals surface area contributed by atoms with Gasteiger partial charge in [-0.3, -0.25) is 14.6 Å². The summed E-state index contributed by atoms with van der Waals surface area (Å²) in [7, 11) is 0. The molecule has 180 valence electrons. The molecule has 1 amide bonds. The first kappa shape index (κ1) is 25.1. The Morgan fingerprint density at radius 1 is 0.771 bits per heavy atom. The highest BCUT2D eigenvalue weighted by Crippen LogP contribution is 2.19. The van der Waals surface area contributed by atoms with Gasteiger partial charge in [0.2, 0.25) is 11.0 Å². The molecule has 0 aliphatic rings. The summed E-state index contributed by atoms with van der Waals surface area (Å²) in [6.45, 7) is 0. The van der Waals surface area contributed by atoms with E-state index in [9.17, 15) is 9.59 Å². The van der Waals surface area contributed by atoms with Crippen molar-refractivity contribution in [2.24, 2.45) is 0 Å². The minimum atomic E-state index is -0.154. The Labute approximate surface area is 215 Å². The molecule has 0 aliphatic carbocycles. The molecule has 1 aromatic carbocycles. The van der Waals surface area contributed by atoms with Gasteiger partial charge in [0, 0.05) is 31.2 Å². The molecular formula is C24H24N6O2S3. The van der Waals surface area contributed by atoms with Crippen LogP contribution in [-0.4, -0.2) is 48.6 Å². The largest absolute Gasteiger partial charge is 0.300 e. The number of pyridine rings is 1. The Kier molecular flexibility index (Phi) is 9.44. The molecular weight excluding hydrogens is 501 g/mol. The summed E-state index contributed by atoms with van der Waals surface area (Å²) in [5.41, 5.74) is 1.74. The van der Waals surface area contributed by atoms with E-state index in [1.165, 1.54) is 22.7 Å². The average molecular weight is 525 g/mol. The van der Waals surface area contributed by atoms with Crippen LogP contribution in [0.2, 0.25) is 0 Å². The van der Waals surface area contributed by atoms with E-state index >= 15 is 0 Å². The van der Waals surface area contributed by atoms with E-state index in [0.717, 1.165) is 44.9 Å². The lowest BCUT2D eigenvalue weighted by molar-refractivity contribution is -0.118. The van der Waals surface area contributed by atoms with E-state index in [1.54, 1.807) is 6.20 Å². The third-order valence-corrected chi connectivity index (χ3v) is 7.67. The molecule has 3 aromatic heterocycles. The van der Waals surface area contributed by atoms with Gasteiger partial charge in [0.05, 0.1) is 12.8 Å². The highest BCUT2D eigenvalue weighted by atomic mass is 32.2. The Bertz CT molecular complexity index is 1130. The summed E-state index contributed by atoms with van der Waals surface area (Å²) in [5, 5.41) is 22.5. The molecule has 4 rings (SSSR count). The molecule has 0 atom stereocenters. The molecule has 1 N–H and O–H groups in total. The van der Waals surface area contributed by atoms with Crippen LogP contribution in [0.4, 0.5) is 5.13 Å². The minimum Gasteiger partial charge on any atom is -0.300 e. The van der Waals surface area contributed by atoms with Crippen molar-refractivity contribution in [2.45, 2.75) is 32.1 Å². The zero-order chi connectivity index (χ0) is 24.3. The van der Waals surface area contributed by atoms with Crippen molar-refractivity contribution in [3.8, 4) is 0 Å². The van der Waals surface area contributed by atoms with Crippen LogP contribution in [0.5, 0.6) is 0 Å². The molecule has 0 saturated heterocycles. The van der Waals surface area contributed by atoms with Crippen LogP contribution in [0, 0.1) is 0 Å². The zero-order valence-corrected chi connectivity index (χ0v) is 21.4. The third kappa shape index (κ3) is 8.61. The fraction of sp³-hybridized carbons (Fsp3) is 0.292. The Balaban J connectivity index is 1.11. The van der Waals surface area contributed by atoms with E-state index in [0.29, 0.717) is 23.7 Å². The average Bonchev–Trinajstić information content (AvgIpc) is 3.49. The molecule has 0 bridgehead atoms. The van der Waals surface area contributed by atoms with Gasteiger partial charge in [-0.25, -0.2) is 0 Å². The number of carbonyl (C=O) groups excluding carboxylic acids is 2. The summed E-state index contributed by atoms with van der Waals surface area (Å²) >= 11 is 4.72. The predicted octanol–water partition coefficient (Wildman–Crippen LogP) is 3.84. The molecule has 4 aromatic rings. The predicted molar refractivity (Wildman–Crippen MR) is 140 cm³/mol. The maximum Gasteiger partial charge on any atom is 0.232 e. The van der Waals surface area contributed by atoms with Crippen molar-refractivity contribution in [1.82, 2.24) is 25.4 Å². The number of hydrogen-bond acceptors (Lipinski definition) is 10. The van der Waals surface area contributed by atoms with Gasteiger partial charge in [-0.1, -0.05) is 47.7 Å². The molecule has 0 radical (unpaired) electrons. The maximum absolute atomic E-state index is 12.3. The van der Waals surface area contributed by atoms with Gasteiger partial charge in [-0.05, 0) is 29.2 Å². The number of anilines is 1. The van der Waals surface area contributed by atoms with E-state index < -0.39 is 0 Å². The Hall–Kier alpha value is -3.02. The molecule has 0 saturated carbocycles. The lowest BCUT2D eigenvalue weighted by atomic mass is 10.1. The third-order valence-electron chi connectivity index (χ3n) is 4.80. The van der Waals surface area contributed by atoms with Gasteiger partial charge < -0.3 is 5.32 Å². The number of benzene rings is 1. The van der Waals surface area contributed by atoms with Gasteiger partial charge in [-0.15, -0.1) is 31.7 Å². The van der Waals surface area contributed by atoms with E-state index in [4.69, 9.17) is 0 Å². The maximum atomic E-state index is 12.3. The zero-order valence-electron chi connectivity index (χ0n) is 18.9. The van der Waals surface area contributed by atoms with Crippen molar-refractivity contribution in [2.75, 3.05) is 16.8 Å². The monoisotopic (exact) mass is 524 g/mol. The Morgan fingerprint density at radius 2 is 1.49 bits per heavy atom. The van der Waals surface area contributed by atoms with Crippen LogP contribution in [-0.2, 0) is 41.7 Å². The molecule has 0 fully saturated rings. The standard InChI is InChI=1S/C24H24N6O2S3/c31-19(14-17-6-2-1-3-7-17)16-23-29-27-21(34-23)9-12-33-13-10-22-28-30-24(35-22)26-20(32)15-18-8-4-5-11-25-18/h1-8,11H,9-10,12-16H2,(H,26,30,32). The van der Waals surface area contributed by atoms with Crippen molar-refractivity contribution in [3.05, 3.63) is 81.0 Å². The molecule has 3 heterocycles. The van der Waals surface area contributed by atoms with Gasteiger partial charge in [0.25, 0.3) is 0 Å². The number of hydrogen-bond donors (Lipinski definition) is 1. The topological polar surface area (TPSA) is 111 Å². The summed E-state index contributed by atoms with van der Waals surface area (Å²) in [5.74, 6) is 1.81.